The Bertz CT molecular complexity index is 715. The number of rotatable bonds is 5. The normalized spacial score (nSPS) is 17.8. The Morgan fingerprint density at radius 1 is 1.33 bits per heavy atom. The second-order valence-electron chi connectivity index (χ2n) is 5.43. The Kier molecular flexibility index (Phi) is 5.56. The van der Waals surface area contributed by atoms with Crippen molar-refractivity contribution in [2.45, 2.75) is 26.4 Å². The molecule has 0 spiro atoms. The summed E-state index contributed by atoms with van der Waals surface area (Å²) in [7, 11) is 3.06. The van der Waals surface area contributed by atoms with Crippen molar-refractivity contribution >= 4 is 35.2 Å². The predicted molar refractivity (Wildman–Crippen MR) is 94.9 cm³/mol. The fraction of sp³-hybridized carbons (Fsp3) is 0.353. The quantitative estimate of drug-likeness (QED) is 0.502. The summed E-state index contributed by atoms with van der Waals surface area (Å²) in [5.74, 6) is 0.202. The lowest BCUT2D eigenvalue weighted by atomic mass is 10.1. The van der Waals surface area contributed by atoms with Crippen molar-refractivity contribution < 1.29 is 19.1 Å². The van der Waals surface area contributed by atoms with Gasteiger partial charge < -0.3 is 9.47 Å². The molecule has 1 saturated heterocycles. The standard InChI is InChI=1S/C17H20N2O4S/c1-5-10(2)23-13-7-6-11(9-14(13)22-4)8-12-15(20)18-17(24)19(3)16(12)21/h6-10H,5H2,1-4H3,(H,18,20,24)/b12-8+/t10-/m1/s1. The van der Waals surface area contributed by atoms with E-state index in [1.54, 1.807) is 25.3 Å². The fourth-order valence-electron chi connectivity index (χ4n) is 2.08. The predicted octanol–water partition coefficient (Wildman–Crippen LogP) is 2.13. The second kappa shape index (κ2) is 7.44. The van der Waals surface area contributed by atoms with Crippen molar-refractivity contribution in [3.8, 4) is 11.5 Å². The molecule has 0 aliphatic carbocycles. The molecule has 2 rings (SSSR count). The number of thiocarbonyl (C=S) groups is 1. The largest absolute Gasteiger partial charge is 0.493 e. The number of hydrogen-bond acceptors (Lipinski definition) is 5. The summed E-state index contributed by atoms with van der Waals surface area (Å²) in [6, 6.07) is 5.25. The van der Waals surface area contributed by atoms with Crippen molar-refractivity contribution in [1.82, 2.24) is 10.2 Å². The van der Waals surface area contributed by atoms with Gasteiger partial charge in [0, 0.05) is 7.05 Å². The molecular weight excluding hydrogens is 328 g/mol. The number of ether oxygens (including phenoxy) is 2. The molecule has 0 unspecified atom stereocenters. The van der Waals surface area contributed by atoms with Gasteiger partial charge in [-0.3, -0.25) is 19.8 Å². The molecule has 0 bridgehead atoms. The third kappa shape index (κ3) is 3.73. The molecule has 1 heterocycles. The van der Waals surface area contributed by atoms with Crippen molar-refractivity contribution in [2.24, 2.45) is 0 Å². The van der Waals surface area contributed by atoms with E-state index in [1.807, 2.05) is 13.8 Å². The van der Waals surface area contributed by atoms with Crippen LogP contribution in [0.2, 0.25) is 0 Å². The Balaban J connectivity index is 2.34. The summed E-state index contributed by atoms with van der Waals surface area (Å²) < 4.78 is 11.1. The van der Waals surface area contributed by atoms with Crippen LogP contribution in [0.15, 0.2) is 23.8 Å². The lowest BCUT2D eigenvalue weighted by Gasteiger charge is -2.25. The molecule has 1 fully saturated rings. The van der Waals surface area contributed by atoms with E-state index in [9.17, 15) is 9.59 Å². The average molecular weight is 348 g/mol. The zero-order valence-corrected chi connectivity index (χ0v) is 14.9. The van der Waals surface area contributed by atoms with Crippen molar-refractivity contribution in [1.29, 1.82) is 0 Å². The number of nitrogens with zero attached hydrogens (tertiary/aromatic N) is 1. The van der Waals surface area contributed by atoms with E-state index in [4.69, 9.17) is 21.7 Å². The summed E-state index contributed by atoms with van der Waals surface area (Å²) in [4.78, 5) is 25.4. The van der Waals surface area contributed by atoms with Crippen molar-refractivity contribution in [3.63, 3.8) is 0 Å². The molecule has 1 aliphatic rings. The van der Waals surface area contributed by atoms with E-state index in [0.29, 0.717) is 17.1 Å². The molecule has 2 amide bonds. The van der Waals surface area contributed by atoms with E-state index in [1.165, 1.54) is 18.0 Å². The first-order valence-electron chi connectivity index (χ1n) is 7.57. The van der Waals surface area contributed by atoms with Gasteiger partial charge >= 0.3 is 0 Å². The molecule has 1 aliphatic heterocycles. The van der Waals surface area contributed by atoms with Crippen LogP contribution in [0, 0.1) is 0 Å². The Hall–Kier alpha value is -2.41. The van der Waals surface area contributed by atoms with Crippen LogP contribution < -0.4 is 14.8 Å². The fourth-order valence-corrected chi connectivity index (χ4v) is 2.26. The Labute approximate surface area is 146 Å². The summed E-state index contributed by atoms with van der Waals surface area (Å²) in [6.07, 6.45) is 2.44. The Morgan fingerprint density at radius 2 is 2.04 bits per heavy atom. The molecule has 0 aromatic heterocycles. The molecule has 1 N–H and O–H groups in total. The van der Waals surface area contributed by atoms with Gasteiger partial charge in [-0.25, -0.2) is 0 Å². The van der Waals surface area contributed by atoms with Gasteiger partial charge in [0.2, 0.25) is 0 Å². The third-order valence-corrected chi connectivity index (χ3v) is 4.08. The molecule has 128 valence electrons. The van der Waals surface area contributed by atoms with Crippen molar-refractivity contribution in [3.05, 3.63) is 29.3 Å². The summed E-state index contributed by atoms with van der Waals surface area (Å²) in [5, 5.41) is 2.57. The third-order valence-electron chi connectivity index (χ3n) is 3.71. The number of amides is 2. The maximum absolute atomic E-state index is 12.2. The average Bonchev–Trinajstić information content (AvgIpc) is 2.57. The first-order chi connectivity index (χ1) is 11.4. The molecular formula is C17H20N2O4S. The van der Waals surface area contributed by atoms with E-state index in [0.717, 1.165) is 6.42 Å². The molecule has 0 radical (unpaired) electrons. The van der Waals surface area contributed by atoms with Crippen LogP contribution in [-0.4, -0.2) is 42.1 Å². The minimum Gasteiger partial charge on any atom is -0.493 e. The maximum atomic E-state index is 12.2. The van der Waals surface area contributed by atoms with E-state index in [-0.39, 0.29) is 16.8 Å². The highest BCUT2D eigenvalue weighted by atomic mass is 32.1. The highest BCUT2D eigenvalue weighted by Gasteiger charge is 2.30. The lowest BCUT2D eigenvalue weighted by Crippen LogP contribution is -2.52. The SMILES string of the molecule is CC[C@@H](C)Oc1ccc(/C=C2\C(=O)NC(=S)N(C)C2=O)cc1OC. The van der Waals surface area contributed by atoms with Gasteiger partial charge in [-0.05, 0) is 49.3 Å². The van der Waals surface area contributed by atoms with Gasteiger partial charge in [-0.2, -0.15) is 0 Å². The molecule has 6 nitrogen and oxygen atoms in total. The second-order valence-corrected chi connectivity index (χ2v) is 5.82. The summed E-state index contributed by atoms with van der Waals surface area (Å²) in [6.45, 7) is 4.00. The molecule has 0 saturated carbocycles. The number of benzene rings is 1. The van der Waals surface area contributed by atoms with Crippen molar-refractivity contribution in [2.75, 3.05) is 14.2 Å². The van der Waals surface area contributed by atoms with Crippen LogP contribution in [0.4, 0.5) is 0 Å². The minimum absolute atomic E-state index is 0.0174. The van der Waals surface area contributed by atoms with E-state index < -0.39 is 11.8 Å². The highest BCUT2D eigenvalue weighted by molar-refractivity contribution is 7.80. The molecule has 1 aromatic carbocycles. The zero-order chi connectivity index (χ0) is 17.9. The highest BCUT2D eigenvalue weighted by Crippen LogP contribution is 2.30. The smallest absolute Gasteiger partial charge is 0.265 e. The molecule has 1 aromatic rings. The van der Waals surface area contributed by atoms with Gasteiger partial charge in [0.15, 0.2) is 16.6 Å². The van der Waals surface area contributed by atoms with Crippen LogP contribution in [0.3, 0.4) is 0 Å². The van der Waals surface area contributed by atoms with Gasteiger partial charge in [-0.1, -0.05) is 13.0 Å². The first kappa shape index (κ1) is 17.9. The van der Waals surface area contributed by atoms with Gasteiger partial charge in [0.25, 0.3) is 11.8 Å². The number of carbonyl (C=O) groups is 2. The van der Waals surface area contributed by atoms with Crippen LogP contribution in [0.25, 0.3) is 6.08 Å². The number of likely N-dealkylation sites (N-methyl/N-ethyl adjacent to an activating group) is 1. The van der Waals surface area contributed by atoms with E-state index in [2.05, 4.69) is 5.32 Å². The lowest BCUT2D eigenvalue weighted by molar-refractivity contribution is -0.128. The zero-order valence-electron chi connectivity index (χ0n) is 14.1. The minimum atomic E-state index is -0.512. The van der Waals surface area contributed by atoms with Gasteiger partial charge in [-0.15, -0.1) is 0 Å². The monoisotopic (exact) mass is 348 g/mol. The number of carbonyl (C=O) groups excluding carboxylic acids is 2. The van der Waals surface area contributed by atoms with E-state index >= 15 is 0 Å². The van der Waals surface area contributed by atoms with Crippen LogP contribution in [0.1, 0.15) is 25.8 Å². The topological polar surface area (TPSA) is 67.9 Å². The maximum Gasteiger partial charge on any atom is 0.265 e. The Morgan fingerprint density at radius 3 is 2.67 bits per heavy atom. The van der Waals surface area contributed by atoms with Crippen LogP contribution in [0.5, 0.6) is 11.5 Å². The van der Waals surface area contributed by atoms with Crippen LogP contribution in [-0.2, 0) is 9.59 Å². The van der Waals surface area contributed by atoms with Gasteiger partial charge in [0.05, 0.1) is 13.2 Å². The number of nitrogens with one attached hydrogen (secondary N) is 1. The summed E-state index contributed by atoms with van der Waals surface area (Å²) >= 11 is 4.92. The summed E-state index contributed by atoms with van der Waals surface area (Å²) in [5.41, 5.74) is 0.673. The first-order valence-corrected chi connectivity index (χ1v) is 7.98. The number of hydrogen-bond donors (Lipinski definition) is 1. The molecule has 7 heteroatoms. The van der Waals surface area contributed by atoms with Crippen LogP contribution >= 0.6 is 12.2 Å². The number of methoxy groups -OCH3 is 1. The molecule has 24 heavy (non-hydrogen) atoms. The molecule has 1 atom stereocenters. The van der Waals surface area contributed by atoms with Gasteiger partial charge in [0.1, 0.15) is 5.57 Å².